The van der Waals surface area contributed by atoms with E-state index < -0.39 is 0 Å². The third kappa shape index (κ3) is 2.73. The van der Waals surface area contributed by atoms with Crippen LogP contribution in [-0.2, 0) is 0 Å². The van der Waals surface area contributed by atoms with Crippen molar-refractivity contribution in [3.05, 3.63) is 47.5 Å². The predicted octanol–water partition coefficient (Wildman–Crippen LogP) is 3.98. The number of nitrogens with one attached hydrogen (secondary N) is 1. The zero-order valence-corrected chi connectivity index (χ0v) is 13.0. The van der Waals surface area contributed by atoms with E-state index in [1.165, 1.54) is 23.5 Å². The van der Waals surface area contributed by atoms with Gasteiger partial charge in [0.25, 0.3) is 0 Å². The van der Waals surface area contributed by atoms with Gasteiger partial charge in [0.2, 0.25) is 5.13 Å². The lowest BCUT2D eigenvalue weighted by atomic mass is 10.1. The fraction of sp³-hybridized carbons (Fsp3) is 0.125. The molecule has 0 radical (unpaired) electrons. The zero-order valence-electron chi connectivity index (χ0n) is 12.2. The van der Waals surface area contributed by atoms with Crippen LogP contribution in [0.2, 0.25) is 0 Å². The van der Waals surface area contributed by atoms with Crippen LogP contribution in [0.15, 0.2) is 36.4 Å². The van der Waals surface area contributed by atoms with Crippen LogP contribution in [0.4, 0.5) is 10.8 Å². The van der Waals surface area contributed by atoms with Crippen molar-refractivity contribution in [2.45, 2.75) is 13.8 Å². The topological polar surface area (TPSA) is 78.3 Å². The van der Waals surface area contributed by atoms with Crippen molar-refractivity contribution >= 4 is 22.2 Å². The van der Waals surface area contributed by atoms with Gasteiger partial charge in [-0.2, -0.15) is 0 Å². The molecular weight excluding hydrogens is 298 g/mol. The Labute approximate surface area is 131 Å². The van der Waals surface area contributed by atoms with Crippen LogP contribution in [0.1, 0.15) is 11.1 Å². The lowest BCUT2D eigenvalue weighted by Crippen LogP contribution is -1.95. The second kappa shape index (κ2) is 5.65. The van der Waals surface area contributed by atoms with Crippen LogP contribution >= 0.6 is 11.3 Å². The Morgan fingerprint density at radius 3 is 2.41 bits per heavy atom. The number of aromatic hydroxyl groups is 2. The molecule has 0 aliphatic carbocycles. The molecule has 5 nitrogen and oxygen atoms in total. The number of nitrogens with zero attached hydrogens (tertiary/aromatic N) is 2. The van der Waals surface area contributed by atoms with Gasteiger partial charge in [-0.05, 0) is 37.1 Å². The number of phenols is 2. The molecule has 0 fully saturated rings. The van der Waals surface area contributed by atoms with E-state index in [1.54, 1.807) is 6.07 Å². The smallest absolute Gasteiger partial charge is 0.210 e. The van der Waals surface area contributed by atoms with Crippen molar-refractivity contribution in [3.8, 4) is 22.1 Å². The summed E-state index contributed by atoms with van der Waals surface area (Å²) in [5, 5.41) is 32.0. The molecular formula is C16H15N3O2S. The van der Waals surface area contributed by atoms with Gasteiger partial charge in [0, 0.05) is 11.8 Å². The molecule has 0 atom stereocenters. The molecule has 1 heterocycles. The van der Waals surface area contributed by atoms with Crippen molar-refractivity contribution in [3.63, 3.8) is 0 Å². The highest BCUT2D eigenvalue weighted by Gasteiger charge is 2.12. The molecule has 0 aliphatic heterocycles. The number of hydrogen-bond acceptors (Lipinski definition) is 6. The van der Waals surface area contributed by atoms with Crippen LogP contribution in [0.25, 0.3) is 10.6 Å². The van der Waals surface area contributed by atoms with E-state index in [1.807, 2.05) is 32.0 Å². The minimum atomic E-state index is -0.0187. The maximum absolute atomic E-state index is 9.89. The highest BCUT2D eigenvalue weighted by molar-refractivity contribution is 7.18. The molecule has 22 heavy (non-hydrogen) atoms. The maximum atomic E-state index is 9.89. The van der Waals surface area contributed by atoms with E-state index in [9.17, 15) is 10.2 Å². The first kappa shape index (κ1) is 14.3. The number of rotatable bonds is 3. The van der Waals surface area contributed by atoms with Crippen molar-refractivity contribution < 1.29 is 10.2 Å². The molecule has 0 spiro atoms. The summed E-state index contributed by atoms with van der Waals surface area (Å²) in [4.78, 5) is 0. The van der Waals surface area contributed by atoms with E-state index in [2.05, 4.69) is 15.5 Å². The van der Waals surface area contributed by atoms with Gasteiger partial charge in [-0.1, -0.05) is 29.5 Å². The van der Waals surface area contributed by atoms with Gasteiger partial charge in [-0.25, -0.2) is 0 Å². The molecule has 0 bridgehead atoms. The Hall–Kier alpha value is -2.60. The number of anilines is 2. The summed E-state index contributed by atoms with van der Waals surface area (Å²) in [5.74, 6) is -0.00517. The molecule has 0 amide bonds. The Morgan fingerprint density at radius 2 is 1.73 bits per heavy atom. The number of aromatic nitrogens is 2. The lowest BCUT2D eigenvalue weighted by molar-refractivity contribution is 0.452. The average molecular weight is 313 g/mol. The Balaban J connectivity index is 1.91. The molecule has 112 valence electrons. The third-order valence-electron chi connectivity index (χ3n) is 3.35. The van der Waals surface area contributed by atoms with Gasteiger partial charge in [-0.3, -0.25) is 0 Å². The largest absolute Gasteiger partial charge is 0.508 e. The van der Waals surface area contributed by atoms with Crippen molar-refractivity contribution in [1.29, 1.82) is 0 Å². The predicted molar refractivity (Wildman–Crippen MR) is 87.9 cm³/mol. The maximum Gasteiger partial charge on any atom is 0.210 e. The molecule has 0 saturated heterocycles. The Bertz CT molecular complexity index is 810. The van der Waals surface area contributed by atoms with Gasteiger partial charge >= 0.3 is 0 Å². The van der Waals surface area contributed by atoms with Crippen LogP contribution < -0.4 is 5.32 Å². The van der Waals surface area contributed by atoms with E-state index in [0.29, 0.717) is 15.7 Å². The number of phenolic OH excluding ortho intramolecular Hbond substituents is 2. The van der Waals surface area contributed by atoms with Crippen LogP contribution in [-0.4, -0.2) is 20.4 Å². The highest BCUT2D eigenvalue weighted by atomic mass is 32.1. The molecule has 3 aromatic rings. The highest BCUT2D eigenvalue weighted by Crippen LogP contribution is 2.36. The summed E-state index contributed by atoms with van der Waals surface area (Å²) in [6, 6.07) is 10.5. The molecule has 3 N–H and O–H groups in total. The molecule has 0 saturated carbocycles. The van der Waals surface area contributed by atoms with E-state index in [-0.39, 0.29) is 11.5 Å². The molecule has 0 aliphatic rings. The minimum Gasteiger partial charge on any atom is -0.508 e. The van der Waals surface area contributed by atoms with Gasteiger partial charge in [0.05, 0.1) is 5.56 Å². The van der Waals surface area contributed by atoms with E-state index in [0.717, 1.165) is 16.8 Å². The first-order valence-electron chi connectivity index (χ1n) is 6.73. The SMILES string of the molecule is Cc1cccc(C)c1Nc1nnc(-c2ccc(O)cc2O)s1. The summed E-state index contributed by atoms with van der Waals surface area (Å²) in [6.45, 7) is 4.06. The number of aryl methyl sites for hydroxylation is 2. The molecule has 2 aromatic carbocycles. The lowest BCUT2D eigenvalue weighted by Gasteiger charge is -2.09. The summed E-state index contributed by atoms with van der Waals surface area (Å²) in [6.07, 6.45) is 0. The monoisotopic (exact) mass is 313 g/mol. The van der Waals surface area contributed by atoms with Gasteiger partial charge in [-0.15, -0.1) is 10.2 Å². The number of para-hydroxylation sites is 1. The normalized spacial score (nSPS) is 10.6. The van der Waals surface area contributed by atoms with Crippen molar-refractivity contribution in [1.82, 2.24) is 10.2 Å². The summed E-state index contributed by atoms with van der Waals surface area (Å²) >= 11 is 1.34. The second-order valence-electron chi connectivity index (χ2n) is 5.01. The number of hydrogen-bond donors (Lipinski definition) is 3. The molecule has 6 heteroatoms. The van der Waals surface area contributed by atoms with Crippen molar-refractivity contribution in [2.24, 2.45) is 0 Å². The molecule has 3 rings (SSSR count). The van der Waals surface area contributed by atoms with Gasteiger partial charge in [0.15, 0.2) is 5.01 Å². The minimum absolute atomic E-state index is 0.0136. The van der Waals surface area contributed by atoms with E-state index in [4.69, 9.17) is 0 Å². The van der Waals surface area contributed by atoms with Gasteiger partial charge < -0.3 is 15.5 Å². The third-order valence-corrected chi connectivity index (χ3v) is 4.22. The van der Waals surface area contributed by atoms with Crippen LogP contribution in [0.5, 0.6) is 11.5 Å². The molecule has 1 aromatic heterocycles. The first-order chi connectivity index (χ1) is 10.5. The summed E-state index contributed by atoms with van der Waals surface area (Å²) in [5.41, 5.74) is 3.82. The second-order valence-corrected chi connectivity index (χ2v) is 5.98. The fourth-order valence-electron chi connectivity index (χ4n) is 2.20. The quantitative estimate of drug-likeness (QED) is 0.682. The van der Waals surface area contributed by atoms with E-state index >= 15 is 0 Å². The fourth-order valence-corrected chi connectivity index (χ4v) is 2.98. The van der Waals surface area contributed by atoms with Crippen LogP contribution in [0.3, 0.4) is 0 Å². The Morgan fingerprint density at radius 1 is 1.00 bits per heavy atom. The first-order valence-corrected chi connectivity index (χ1v) is 7.55. The molecule has 0 unspecified atom stereocenters. The van der Waals surface area contributed by atoms with Crippen molar-refractivity contribution in [2.75, 3.05) is 5.32 Å². The summed E-state index contributed by atoms with van der Waals surface area (Å²) in [7, 11) is 0. The average Bonchev–Trinajstić information content (AvgIpc) is 2.91. The number of benzene rings is 2. The summed E-state index contributed by atoms with van der Waals surface area (Å²) < 4.78 is 0. The zero-order chi connectivity index (χ0) is 15.7. The van der Waals surface area contributed by atoms with Gasteiger partial charge in [0.1, 0.15) is 11.5 Å². The van der Waals surface area contributed by atoms with Crippen LogP contribution in [0, 0.1) is 13.8 Å². The Kier molecular flexibility index (Phi) is 3.68. The standard InChI is InChI=1S/C16H15N3O2S/c1-9-4-3-5-10(2)14(9)17-16-19-18-15(22-16)12-7-6-11(20)8-13(12)21/h3-8,20-21H,1-2H3,(H,17,19).